The molecule has 0 saturated heterocycles. The van der Waals surface area contributed by atoms with Gasteiger partial charge in [0.25, 0.3) is 5.91 Å². The summed E-state index contributed by atoms with van der Waals surface area (Å²) < 4.78 is 0. The summed E-state index contributed by atoms with van der Waals surface area (Å²) in [5.41, 5.74) is 0.995. The average Bonchev–Trinajstić information content (AvgIpc) is 3.27. The van der Waals surface area contributed by atoms with Crippen molar-refractivity contribution in [2.75, 3.05) is 5.32 Å². The number of carbonyl (C=O) groups excluding carboxylic acids is 2. The van der Waals surface area contributed by atoms with Gasteiger partial charge in [0, 0.05) is 17.2 Å². The van der Waals surface area contributed by atoms with Crippen molar-refractivity contribution in [1.29, 1.82) is 0 Å². The molecule has 6 nitrogen and oxygen atoms in total. The van der Waals surface area contributed by atoms with Gasteiger partial charge in [-0.25, -0.2) is 4.79 Å². The Hall–Kier alpha value is -2.37. The van der Waals surface area contributed by atoms with E-state index in [1.54, 1.807) is 24.3 Å². The van der Waals surface area contributed by atoms with Crippen LogP contribution in [-0.2, 0) is 9.59 Å². The molecule has 3 N–H and O–H groups in total. The van der Waals surface area contributed by atoms with Crippen LogP contribution in [0.1, 0.15) is 57.3 Å². The second-order valence-electron chi connectivity index (χ2n) is 8.35. The minimum Gasteiger partial charge on any atom is -0.480 e. The molecule has 1 saturated carbocycles. The van der Waals surface area contributed by atoms with E-state index < -0.39 is 17.9 Å². The number of nitrogens with one attached hydrogen (secondary N) is 2. The van der Waals surface area contributed by atoms with Gasteiger partial charge in [-0.05, 0) is 54.9 Å². The lowest BCUT2D eigenvalue weighted by molar-refractivity contribution is -0.139. The van der Waals surface area contributed by atoms with E-state index in [2.05, 4.69) is 10.6 Å². The van der Waals surface area contributed by atoms with Crippen LogP contribution in [0.2, 0.25) is 0 Å². The third-order valence-corrected chi connectivity index (χ3v) is 4.65. The van der Waals surface area contributed by atoms with Crippen LogP contribution in [-0.4, -0.2) is 28.9 Å². The van der Waals surface area contributed by atoms with Gasteiger partial charge in [0.1, 0.15) is 6.04 Å². The molecular weight excluding hydrogens is 332 g/mol. The first-order valence-electron chi connectivity index (χ1n) is 9.01. The molecule has 0 aromatic heterocycles. The van der Waals surface area contributed by atoms with Crippen LogP contribution in [0.15, 0.2) is 24.3 Å². The molecule has 0 aliphatic heterocycles. The Morgan fingerprint density at radius 2 is 1.77 bits per heavy atom. The van der Waals surface area contributed by atoms with E-state index in [1.807, 2.05) is 27.7 Å². The molecule has 1 aromatic rings. The Kier molecular flexibility index (Phi) is 6.05. The number of amides is 2. The van der Waals surface area contributed by atoms with Gasteiger partial charge in [-0.15, -0.1) is 0 Å². The SMILES string of the molecule is CC1CC1C(=O)Nc1ccc(C(=O)NC(CCC(C)(C)C)C(=O)O)cc1. The van der Waals surface area contributed by atoms with Crippen molar-refractivity contribution in [2.45, 2.75) is 53.0 Å². The van der Waals surface area contributed by atoms with Crippen molar-refractivity contribution >= 4 is 23.5 Å². The lowest BCUT2D eigenvalue weighted by Crippen LogP contribution is -2.41. The van der Waals surface area contributed by atoms with E-state index >= 15 is 0 Å². The molecule has 2 amide bonds. The zero-order chi connectivity index (χ0) is 19.5. The summed E-state index contributed by atoms with van der Waals surface area (Å²) >= 11 is 0. The third-order valence-electron chi connectivity index (χ3n) is 4.65. The van der Waals surface area contributed by atoms with E-state index in [0.29, 0.717) is 30.0 Å². The highest BCUT2D eigenvalue weighted by molar-refractivity contribution is 5.98. The van der Waals surface area contributed by atoms with Crippen LogP contribution >= 0.6 is 0 Å². The first-order chi connectivity index (χ1) is 12.1. The molecule has 3 unspecified atom stereocenters. The monoisotopic (exact) mass is 360 g/mol. The molecule has 1 aliphatic rings. The molecule has 3 atom stereocenters. The van der Waals surface area contributed by atoms with Gasteiger partial charge in [-0.1, -0.05) is 27.7 Å². The number of carboxylic acids is 1. The van der Waals surface area contributed by atoms with Crippen LogP contribution in [0.5, 0.6) is 0 Å². The van der Waals surface area contributed by atoms with Crippen molar-refractivity contribution in [1.82, 2.24) is 5.32 Å². The summed E-state index contributed by atoms with van der Waals surface area (Å²) in [5.74, 6) is -0.953. The number of hydrogen-bond acceptors (Lipinski definition) is 3. The number of rotatable bonds is 7. The lowest BCUT2D eigenvalue weighted by Gasteiger charge is -2.21. The van der Waals surface area contributed by atoms with Crippen molar-refractivity contribution in [3.05, 3.63) is 29.8 Å². The molecule has 1 aliphatic carbocycles. The first kappa shape index (κ1) is 19.9. The number of anilines is 1. The van der Waals surface area contributed by atoms with E-state index in [0.717, 1.165) is 6.42 Å². The maximum absolute atomic E-state index is 12.3. The molecule has 1 fully saturated rings. The molecule has 0 heterocycles. The highest BCUT2D eigenvalue weighted by Gasteiger charge is 2.39. The standard InChI is InChI=1S/C20H28N2O4/c1-12-11-15(12)18(24)21-14-7-5-13(6-8-14)17(23)22-16(19(25)26)9-10-20(2,3)4/h5-8,12,15-16H,9-11H2,1-4H3,(H,21,24)(H,22,23)(H,25,26). The third kappa shape index (κ3) is 5.86. The molecule has 0 bridgehead atoms. The van der Waals surface area contributed by atoms with Gasteiger partial charge in [-0.2, -0.15) is 0 Å². The predicted octanol–water partition coefficient (Wildman–Crippen LogP) is 3.29. The molecule has 6 heteroatoms. The Bertz CT molecular complexity index is 676. The Balaban J connectivity index is 1.93. The maximum atomic E-state index is 12.3. The highest BCUT2D eigenvalue weighted by Crippen LogP contribution is 2.38. The minimum atomic E-state index is -1.04. The molecule has 0 radical (unpaired) electrons. The Morgan fingerprint density at radius 1 is 1.19 bits per heavy atom. The van der Waals surface area contributed by atoms with Gasteiger partial charge in [0.05, 0.1) is 0 Å². The van der Waals surface area contributed by atoms with Crippen LogP contribution in [0.4, 0.5) is 5.69 Å². The van der Waals surface area contributed by atoms with Crippen molar-refractivity contribution in [3.8, 4) is 0 Å². The maximum Gasteiger partial charge on any atom is 0.326 e. The van der Waals surface area contributed by atoms with Crippen LogP contribution in [0.25, 0.3) is 0 Å². The summed E-state index contributed by atoms with van der Waals surface area (Å²) in [7, 11) is 0. The molecule has 26 heavy (non-hydrogen) atoms. The molecule has 1 aromatic carbocycles. The Morgan fingerprint density at radius 3 is 2.23 bits per heavy atom. The summed E-state index contributed by atoms with van der Waals surface area (Å²) in [6, 6.07) is 5.57. The van der Waals surface area contributed by atoms with Crippen molar-refractivity contribution in [2.24, 2.45) is 17.3 Å². The van der Waals surface area contributed by atoms with E-state index in [4.69, 9.17) is 0 Å². The van der Waals surface area contributed by atoms with E-state index in [-0.39, 0.29) is 17.2 Å². The Labute approximate surface area is 154 Å². The fraction of sp³-hybridized carbons (Fsp3) is 0.550. The van der Waals surface area contributed by atoms with E-state index in [9.17, 15) is 19.5 Å². The van der Waals surface area contributed by atoms with Gasteiger partial charge in [0.15, 0.2) is 0 Å². The number of benzene rings is 1. The molecule has 2 rings (SSSR count). The summed E-state index contributed by atoms with van der Waals surface area (Å²) in [6.45, 7) is 8.13. The predicted molar refractivity (Wildman–Crippen MR) is 99.9 cm³/mol. The minimum absolute atomic E-state index is 0.00261. The summed E-state index contributed by atoms with van der Waals surface area (Å²) in [4.78, 5) is 35.6. The molecular formula is C20H28N2O4. The summed E-state index contributed by atoms with van der Waals surface area (Å²) in [5, 5.41) is 14.7. The number of aliphatic carboxylic acids is 1. The van der Waals surface area contributed by atoms with E-state index in [1.165, 1.54) is 0 Å². The lowest BCUT2D eigenvalue weighted by atomic mass is 9.88. The highest BCUT2D eigenvalue weighted by atomic mass is 16.4. The van der Waals surface area contributed by atoms with Crippen LogP contribution in [0.3, 0.4) is 0 Å². The first-order valence-corrected chi connectivity index (χ1v) is 9.01. The number of hydrogen-bond donors (Lipinski definition) is 3. The van der Waals surface area contributed by atoms with Crippen LogP contribution < -0.4 is 10.6 Å². The van der Waals surface area contributed by atoms with Crippen molar-refractivity contribution in [3.63, 3.8) is 0 Å². The zero-order valence-electron chi connectivity index (χ0n) is 15.8. The van der Waals surface area contributed by atoms with Gasteiger partial charge < -0.3 is 15.7 Å². The molecule has 142 valence electrons. The quantitative estimate of drug-likeness (QED) is 0.695. The summed E-state index contributed by atoms with van der Waals surface area (Å²) in [6.07, 6.45) is 1.98. The average molecular weight is 360 g/mol. The second-order valence-corrected chi connectivity index (χ2v) is 8.35. The molecule has 0 spiro atoms. The van der Waals surface area contributed by atoms with Gasteiger partial charge in [-0.3, -0.25) is 9.59 Å². The van der Waals surface area contributed by atoms with Crippen LogP contribution in [0, 0.1) is 17.3 Å². The van der Waals surface area contributed by atoms with Crippen molar-refractivity contribution < 1.29 is 19.5 Å². The normalized spacial score (nSPS) is 20.2. The fourth-order valence-electron chi connectivity index (χ4n) is 2.70. The fourth-order valence-corrected chi connectivity index (χ4v) is 2.70. The smallest absolute Gasteiger partial charge is 0.326 e. The topological polar surface area (TPSA) is 95.5 Å². The number of carbonyl (C=O) groups is 3. The second kappa shape index (κ2) is 7.89. The number of carboxylic acid groups (broad SMARTS) is 1. The zero-order valence-corrected chi connectivity index (χ0v) is 15.8. The van der Waals surface area contributed by atoms with Gasteiger partial charge >= 0.3 is 5.97 Å². The van der Waals surface area contributed by atoms with Gasteiger partial charge in [0.2, 0.25) is 5.91 Å². The largest absolute Gasteiger partial charge is 0.480 e.